The summed E-state index contributed by atoms with van der Waals surface area (Å²) in [6.07, 6.45) is 2.76. The SMILES string of the molecule is CC(C(=O)NCc1cc(Br)cc(Br)c1)C1(c2ccc(F)cc2)CCCNCC1. The predicted octanol–water partition coefficient (Wildman–Crippen LogP) is 5.31. The van der Waals surface area contributed by atoms with Crippen LogP contribution in [0.2, 0.25) is 0 Å². The number of carbonyl (C=O) groups excluding carboxylic acids is 1. The molecule has 0 aromatic heterocycles. The van der Waals surface area contributed by atoms with Crippen molar-refractivity contribution in [3.05, 3.63) is 68.4 Å². The van der Waals surface area contributed by atoms with Crippen LogP contribution in [0.1, 0.15) is 37.3 Å². The first-order valence-corrected chi connectivity index (χ1v) is 11.2. The van der Waals surface area contributed by atoms with Crippen LogP contribution >= 0.6 is 31.9 Å². The van der Waals surface area contributed by atoms with Crippen molar-refractivity contribution in [3.63, 3.8) is 0 Å². The summed E-state index contributed by atoms with van der Waals surface area (Å²) in [5.41, 5.74) is 1.78. The fourth-order valence-electron chi connectivity index (χ4n) is 4.15. The van der Waals surface area contributed by atoms with E-state index in [1.807, 2.05) is 37.3 Å². The van der Waals surface area contributed by atoms with Crippen molar-refractivity contribution in [1.29, 1.82) is 0 Å². The highest BCUT2D eigenvalue weighted by molar-refractivity contribution is 9.11. The molecular weight excluding hydrogens is 487 g/mol. The van der Waals surface area contributed by atoms with E-state index in [1.165, 1.54) is 12.1 Å². The van der Waals surface area contributed by atoms with E-state index in [0.29, 0.717) is 6.54 Å². The normalized spacial score (nSPS) is 21.0. The van der Waals surface area contributed by atoms with Gasteiger partial charge in [-0.25, -0.2) is 4.39 Å². The van der Waals surface area contributed by atoms with Gasteiger partial charge in [0.05, 0.1) is 0 Å². The summed E-state index contributed by atoms with van der Waals surface area (Å²) in [7, 11) is 0. The molecule has 3 nitrogen and oxygen atoms in total. The van der Waals surface area contributed by atoms with E-state index in [0.717, 1.165) is 52.4 Å². The summed E-state index contributed by atoms with van der Waals surface area (Å²) in [5.74, 6) is -0.432. The van der Waals surface area contributed by atoms with Crippen LogP contribution < -0.4 is 10.6 Å². The molecular formula is C22H25Br2FN2O. The highest BCUT2D eigenvalue weighted by atomic mass is 79.9. The molecule has 150 valence electrons. The van der Waals surface area contributed by atoms with Gasteiger partial charge < -0.3 is 10.6 Å². The molecule has 2 unspecified atom stereocenters. The molecule has 0 radical (unpaired) electrons. The van der Waals surface area contributed by atoms with Crippen LogP contribution in [0.5, 0.6) is 0 Å². The van der Waals surface area contributed by atoms with Crippen LogP contribution in [0.25, 0.3) is 0 Å². The summed E-state index contributed by atoms with van der Waals surface area (Å²) in [4.78, 5) is 13.1. The van der Waals surface area contributed by atoms with E-state index >= 15 is 0 Å². The van der Waals surface area contributed by atoms with Gasteiger partial charge >= 0.3 is 0 Å². The number of nitrogens with one attached hydrogen (secondary N) is 2. The fourth-order valence-corrected chi connectivity index (χ4v) is 5.54. The molecule has 2 aromatic carbocycles. The van der Waals surface area contributed by atoms with Gasteiger partial charge in [0.2, 0.25) is 5.91 Å². The number of halogens is 3. The zero-order valence-electron chi connectivity index (χ0n) is 15.9. The number of hydrogen-bond donors (Lipinski definition) is 2. The van der Waals surface area contributed by atoms with E-state index in [4.69, 9.17) is 0 Å². The van der Waals surface area contributed by atoms with E-state index in [1.54, 1.807) is 0 Å². The Balaban J connectivity index is 1.80. The molecule has 0 bridgehead atoms. The van der Waals surface area contributed by atoms with Crippen molar-refractivity contribution in [1.82, 2.24) is 10.6 Å². The summed E-state index contributed by atoms with van der Waals surface area (Å²) in [6, 6.07) is 12.7. The monoisotopic (exact) mass is 510 g/mol. The molecule has 2 aromatic rings. The van der Waals surface area contributed by atoms with Crippen molar-refractivity contribution in [2.24, 2.45) is 5.92 Å². The fraction of sp³-hybridized carbons (Fsp3) is 0.409. The summed E-state index contributed by atoms with van der Waals surface area (Å²) >= 11 is 6.97. The molecule has 2 atom stereocenters. The third kappa shape index (κ3) is 5.02. The lowest BCUT2D eigenvalue weighted by Crippen LogP contribution is -2.44. The second-order valence-electron chi connectivity index (χ2n) is 7.48. The maximum Gasteiger partial charge on any atom is 0.223 e. The molecule has 1 saturated heterocycles. The van der Waals surface area contributed by atoms with Gasteiger partial charge in [-0.15, -0.1) is 0 Å². The van der Waals surface area contributed by atoms with Gasteiger partial charge in [0.15, 0.2) is 0 Å². The standard InChI is InChI=1S/C22H25Br2FN2O/c1-15(21(28)27-14-16-11-18(23)13-19(24)12-16)22(7-2-9-26-10-8-22)17-3-5-20(25)6-4-17/h3-6,11-13,15,26H,2,7-10,14H2,1H3,(H,27,28). The first-order chi connectivity index (χ1) is 13.4. The molecule has 28 heavy (non-hydrogen) atoms. The van der Waals surface area contributed by atoms with E-state index in [-0.39, 0.29) is 23.1 Å². The van der Waals surface area contributed by atoms with Gasteiger partial charge in [-0.1, -0.05) is 50.9 Å². The van der Waals surface area contributed by atoms with Crippen LogP contribution in [0, 0.1) is 11.7 Å². The van der Waals surface area contributed by atoms with Crippen molar-refractivity contribution < 1.29 is 9.18 Å². The Morgan fingerprint density at radius 1 is 1.14 bits per heavy atom. The predicted molar refractivity (Wildman–Crippen MR) is 118 cm³/mol. The molecule has 0 spiro atoms. The molecule has 1 heterocycles. The summed E-state index contributed by atoms with van der Waals surface area (Å²) in [6.45, 7) is 4.27. The Morgan fingerprint density at radius 3 is 2.50 bits per heavy atom. The van der Waals surface area contributed by atoms with Crippen molar-refractivity contribution >= 4 is 37.8 Å². The molecule has 1 aliphatic heterocycles. The summed E-state index contributed by atoms with van der Waals surface area (Å²) in [5, 5.41) is 6.53. The smallest absolute Gasteiger partial charge is 0.223 e. The van der Waals surface area contributed by atoms with Crippen LogP contribution in [0.15, 0.2) is 51.4 Å². The van der Waals surface area contributed by atoms with Crippen LogP contribution in [-0.4, -0.2) is 19.0 Å². The highest BCUT2D eigenvalue weighted by Crippen LogP contribution is 2.41. The molecule has 2 N–H and O–H groups in total. The minimum atomic E-state index is -0.293. The quantitative estimate of drug-likeness (QED) is 0.570. The third-order valence-electron chi connectivity index (χ3n) is 5.75. The molecule has 1 aliphatic rings. The minimum Gasteiger partial charge on any atom is -0.352 e. The van der Waals surface area contributed by atoms with E-state index in [9.17, 15) is 9.18 Å². The number of hydrogen-bond acceptors (Lipinski definition) is 2. The molecule has 1 fully saturated rings. The van der Waals surface area contributed by atoms with Gasteiger partial charge in [0.25, 0.3) is 0 Å². The Kier molecular flexibility index (Phi) is 7.29. The Bertz CT molecular complexity index is 798. The number of carbonyl (C=O) groups is 1. The maximum absolute atomic E-state index is 13.5. The summed E-state index contributed by atoms with van der Waals surface area (Å²) < 4.78 is 15.4. The van der Waals surface area contributed by atoms with Crippen LogP contribution in [0.3, 0.4) is 0 Å². The third-order valence-corrected chi connectivity index (χ3v) is 6.67. The second-order valence-corrected chi connectivity index (χ2v) is 9.32. The topological polar surface area (TPSA) is 41.1 Å². The number of amides is 1. The van der Waals surface area contributed by atoms with Gasteiger partial charge in [0.1, 0.15) is 5.82 Å². The average molecular weight is 512 g/mol. The lowest BCUT2D eigenvalue weighted by atomic mass is 9.66. The zero-order valence-corrected chi connectivity index (χ0v) is 19.1. The Morgan fingerprint density at radius 2 is 1.82 bits per heavy atom. The Labute approximate surface area is 182 Å². The maximum atomic E-state index is 13.5. The van der Waals surface area contributed by atoms with E-state index in [2.05, 4.69) is 42.5 Å². The molecule has 0 aliphatic carbocycles. The van der Waals surface area contributed by atoms with Gasteiger partial charge in [0, 0.05) is 26.8 Å². The molecule has 6 heteroatoms. The van der Waals surface area contributed by atoms with Crippen molar-refractivity contribution in [2.75, 3.05) is 13.1 Å². The lowest BCUT2D eigenvalue weighted by molar-refractivity contribution is -0.127. The largest absolute Gasteiger partial charge is 0.352 e. The lowest BCUT2D eigenvalue weighted by Gasteiger charge is -2.38. The number of benzene rings is 2. The molecule has 3 rings (SSSR count). The second kappa shape index (κ2) is 9.51. The zero-order chi connectivity index (χ0) is 20.1. The van der Waals surface area contributed by atoms with Crippen molar-refractivity contribution in [2.45, 2.75) is 38.1 Å². The molecule has 1 amide bonds. The average Bonchev–Trinajstić information content (AvgIpc) is 2.92. The van der Waals surface area contributed by atoms with Gasteiger partial charge in [-0.3, -0.25) is 4.79 Å². The van der Waals surface area contributed by atoms with Gasteiger partial charge in [-0.05, 0) is 73.8 Å². The first kappa shape index (κ1) is 21.5. The minimum absolute atomic E-state index is 0.0299. The van der Waals surface area contributed by atoms with Crippen LogP contribution in [-0.2, 0) is 16.8 Å². The van der Waals surface area contributed by atoms with Crippen LogP contribution in [0.4, 0.5) is 4.39 Å². The van der Waals surface area contributed by atoms with Gasteiger partial charge in [-0.2, -0.15) is 0 Å². The van der Waals surface area contributed by atoms with Crippen molar-refractivity contribution in [3.8, 4) is 0 Å². The first-order valence-electron chi connectivity index (χ1n) is 9.60. The van der Waals surface area contributed by atoms with E-state index < -0.39 is 0 Å². The molecule has 0 saturated carbocycles. The Hall–Kier alpha value is -1.24. The highest BCUT2D eigenvalue weighted by Gasteiger charge is 2.41. The number of rotatable bonds is 5.